The average molecular weight is 261 g/mol. The van der Waals surface area contributed by atoms with Crippen molar-refractivity contribution in [3.8, 4) is 0 Å². The third kappa shape index (κ3) is 3.37. The smallest absolute Gasteiger partial charge is 0.109 e. The average Bonchev–Trinajstić information content (AvgIpc) is 2.74. The molecule has 1 aromatic heterocycles. The predicted molar refractivity (Wildman–Crippen MR) is 76.8 cm³/mol. The second kappa shape index (κ2) is 6.07. The van der Waals surface area contributed by atoms with Crippen LogP contribution in [0.4, 0.5) is 0 Å². The maximum Gasteiger partial charge on any atom is 0.109 e. The van der Waals surface area contributed by atoms with Gasteiger partial charge in [0.25, 0.3) is 0 Å². The van der Waals surface area contributed by atoms with Crippen molar-refractivity contribution in [3.63, 3.8) is 0 Å². The minimum absolute atomic E-state index is 0.135. The van der Waals surface area contributed by atoms with Crippen LogP contribution in [0.15, 0.2) is 41.6 Å². The highest BCUT2D eigenvalue weighted by Gasteiger charge is 2.09. The largest absolute Gasteiger partial charge is 0.338 e. The van der Waals surface area contributed by atoms with Crippen molar-refractivity contribution >= 4 is 11.8 Å². The van der Waals surface area contributed by atoms with E-state index in [4.69, 9.17) is 5.73 Å². The van der Waals surface area contributed by atoms with Crippen LogP contribution < -0.4 is 5.73 Å². The summed E-state index contributed by atoms with van der Waals surface area (Å²) >= 11 is 1.82. The third-order valence-corrected chi connectivity index (χ3v) is 4.28. The highest BCUT2D eigenvalue weighted by atomic mass is 32.2. The van der Waals surface area contributed by atoms with E-state index in [1.54, 1.807) is 0 Å². The van der Waals surface area contributed by atoms with Crippen molar-refractivity contribution in [1.29, 1.82) is 0 Å². The molecular formula is C14H19N3S. The SMILES string of the molecule is Cc1ccccc1SCC(N)Cc1nccn1C. The molecule has 0 amide bonds. The quantitative estimate of drug-likeness (QED) is 0.841. The minimum Gasteiger partial charge on any atom is -0.338 e. The zero-order valence-corrected chi connectivity index (χ0v) is 11.7. The molecule has 0 aliphatic heterocycles. The lowest BCUT2D eigenvalue weighted by atomic mass is 10.2. The van der Waals surface area contributed by atoms with E-state index in [1.807, 2.05) is 35.8 Å². The molecule has 0 aliphatic rings. The first kappa shape index (κ1) is 13.2. The lowest BCUT2D eigenvalue weighted by molar-refractivity contribution is 0.679. The Kier molecular flexibility index (Phi) is 4.44. The highest BCUT2D eigenvalue weighted by molar-refractivity contribution is 7.99. The van der Waals surface area contributed by atoms with Crippen LogP contribution in [0, 0.1) is 6.92 Å². The number of aromatic nitrogens is 2. The molecule has 1 atom stereocenters. The number of hydrogen-bond acceptors (Lipinski definition) is 3. The van der Waals surface area contributed by atoms with Gasteiger partial charge in [0.1, 0.15) is 5.82 Å². The van der Waals surface area contributed by atoms with Crippen LogP contribution in [-0.2, 0) is 13.5 Å². The van der Waals surface area contributed by atoms with Crippen LogP contribution >= 0.6 is 11.8 Å². The molecule has 0 fully saturated rings. The van der Waals surface area contributed by atoms with Crippen LogP contribution in [0.5, 0.6) is 0 Å². The molecule has 0 saturated heterocycles. The number of hydrogen-bond donors (Lipinski definition) is 1. The van der Waals surface area contributed by atoms with Crippen LogP contribution in [0.3, 0.4) is 0 Å². The van der Waals surface area contributed by atoms with Gasteiger partial charge >= 0.3 is 0 Å². The number of imidazole rings is 1. The summed E-state index contributed by atoms with van der Waals surface area (Å²) in [6, 6.07) is 8.54. The maximum atomic E-state index is 6.16. The van der Waals surface area contributed by atoms with Gasteiger partial charge in [0, 0.05) is 42.6 Å². The predicted octanol–water partition coefficient (Wildman–Crippen LogP) is 2.39. The fourth-order valence-electron chi connectivity index (χ4n) is 1.80. The van der Waals surface area contributed by atoms with Crippen molar-refractivity contribution < 1.29 is 0 Å². The lowest BCUT2D eigenvalue weighted by Crippen LogP contribution is -2.27. The summed E-state index contributed by atoms with van der Waals surface area (Å²) in [5.74, 6) is 1.96. The maximum absolute atomic E-state index is 6.16. The molecular weight excluding hydrogens is 242 g/mol. The lowest BCUT2D eigenvalue weighted by Gasteiger charge is -2.12. The Balaban J connectivity index is 1.87. The molecule has 0 aliphatic carbocycles. The number of rotatable bonds is 5. The minimum atomic E-state index is 0.135. The van der Waals surface area contributed by atoms with E-state index < -0.39 is 0 Å². The molecule has 0 spiro atoms. The zero-order valence-electron chi connectivity index (χ0n) is 10.8. The van der Waals surface area contributed by atoms with E-state index in [2.05, 4.69) is 36.2 Å². The van der Waals surface area contributed by atoms with E-state index in [0.717, 1.165) is 18.0 Å². The normalized spacial score (nSPS) is 12.6. The van der Waals surface area contributed by atoms with Gasteiger partial charge in [-0.25, -0.2) is 4.98 Å². The number of thioether (sulfide) groups is 1. The fraction of sp³-hybridized carbons (Fsp3) is 0.357. The Morgan fingerprint density at radius 3 is 2.83 bits per heavy atom. The standard InChI is InChI=1S/C14H19N3S/c1-11-5-3-4-6-13(11)18-10-12(15)9-14-16-7-8-17(14)2/h3-8,12H,9-10,15H2,1-2H3. The van der Waals surface area contributed by atoms with Crippen LogP contribution in [-0.4, -0.2) is 21.3 Å². The monoisotopic (exact) mass is 261 g/mol. The van der Waals surface area contributed by atoms with Gasteiger partial charge < -0.3 is 10.3 Å². The summed E-state index contributed by atoms with van der Waals surface area (Å²) in [4.78, 5) is 5.61. The second-order valence-corrected chi connectivity index (χ2v) is 5.56. The van der Waals surface area contributed by atoms with Crippen LogP contribution in [0.2, 0.25) is 0 Å². The molecule has 96 valence electrons. The van der Waals surface area contributed by atoms with Gasteiger partial charge in [-0.15, -0.1) is 11.8 Å². The molecule has 0 radical (unpaired) electrons. The Morgan fingerprint density at radius 1 is 1.39 bits per heavy atom. The Bertz CT molecular complexity index is 507. The van der Waals surface area contributed by atoms with Gasteiger partial charge in [0.15, 0.2) is 0 Å². The van der Waals surface area contributed by atoms with Crippen molar-refractivity contribution in [3.05, 3.63) is 48.0 Å². The first-order valence-electron chi connectivity index (χ1n) is 6.07. The first-order valence-corrected chi connectivity index (χ1v) is 7.05. The Hall–Kier alpha value is -1.26. The van der Waals surface area contributed by atoms with Crippen molar-refractivity contribution in [2.75, 3.05) is 5.75 Å². The van der Waals surface area contributed by atoms with Crippen LogP contribution in [0.1, 0.15) is 11.4 Å². The molecule has 2 rings (SSSR count). The summed E-state index contributed by atoms with van der Waals surface area (Å²) in [5.41, 5.74) is 7.47. The van der Waals surface area contributed by atoms with Gasteiger partial charge in [-0.2, -0.15) is 0 Å². The third-order valence-electron chi connectivity index (χ3n) is 2.91. The molecule has 4 heteroatoms. The van der Waals surface area contributed by atoms with E-state index >= 15 is 0 Å². The molecule has 1 aromatic carbocycles. The number of benzene rings is 1. The Labute approximate surface area is 112 Å². The van der Waals surface area contributed by atoms with Gasteiger partial charge in [-0.3, -0.25) is 0 Å². The van der Waals surface area contributed by atoms with Crippen LogP contribution in [0.25, 0.3) is 0 Å². The van der Waals surface area contributed by atoms with Gasteiger partial charge in [0.05, 0.1) is 0 Å². The first-order chi connectivity index (χ1) is 8.66. The summed E-state index contributed by atoms with van der Waals surface area (Å²) in [6.45, 7) is 2.13. The molecule has 2 aromatic rings. The molecule has 1 heterocycles. The molecule has 1 unspecified atom stereocenters. The summed E-state index contributed by atoms with van der Waals surface area (Å²) in [5, 5.41) is 0. The van der Waals surface area contributed by atoms with E-state index in [-0.39, 0.29) is 6.04 Å². The number of nitrogens with two attached hydrogens (primary N) is 1. The van der Waals surface area contributed by atoms with E-state index in [1.165, 1.54) is 10.5 Å². The molecule has 3 nitrogen and oxygen atoms in total. The number of aryl methyl sites for hydroxylation is 2. The molecule has 0 saturated carbocycles. The van der Waals surface area contributed by atoms with Crippen molar-refractivity contribution in [2.45, 2.75) is 24.3 Å². The summed E-state index contributed by atoms with van der Waals surface area (Å²) < 4.78 is 2.03. The van der Waals surface area contributed by atoms with Crippen molar-refractivity contribution in [2.24, 2.45) is 12.8 Å². The number of nitrogens with zero attached hydrogens (tertiary/aromatic N) is 2. The Morgan fingerprint density at radius 2 is 2.17 bits per heavy atom. The van der Waals surface area contributed by atoms with Gasteiger partial charge in [-0.05, 0) is 18.6 Å². The second-order valence-electron chi connectivity index (χ2n) is 4.50. The van der Waals surface area contributed by atoms with Gasteiger partial charge in [0.2, 0.25) is 0 Å². The topological polar surface area (TPSA) is 43.8 Å². The highest BCUT2D eigenvalue weighted by Crippen LogP contribution is 2.22. The molecule has 18 heavy (non-hydrogen) atoms. The van der Waals surface area contributed by atoms with E-state index in [9.17, 15) is 0 Å². The summed E-state index contributed by atoms with van der Waals surface area (Å²) in [6.07, 6.45) is 4.59. The fourth-order valence-corrected chi connectivity index (χ4v) is 2.78. The van der Waals surface area contributed by atoms with E-state index in [0.29, 0.717) is 0 Å². The molecule has 0 bridgehead atoms. The van der Waals surface area contributed by atoms with Crippen molar-refractivity contribution in [1.82, 2.24) is 9.55 Å². The zero-order chi connectivity index (χ0) is 13.0. The van der Waals surface area contributed by atoms with Gasteiger partial charge in [-0.1, -0.05) is 18.2 Å². The molecule has 2 N–H and O–H groups in total. The summed E-state index contributed by atoms with van der Waals surface area (Å²) in [7, 11) is 2.00.